The molecule has 0 atom stereocenters. The number of nitrogens with one attached hydrogen (secondary N) is 1. The maximum atomic E-state index is 13.5. The van der Waals surface area contributed by atoms with Gasteiger partial charge in [0.15, 0.2) is 0 Å². The van der Waals surface area contributed by atoms with Gasteiger partial charge < -0.3 is 10.2 Å². The van der Waals surface area contributed by atoms with E-state index in [1.807, 2.05) is 42.5 Å². The molecule has 0 spiro atoms. The number of hydrogen-bond donors (Lipinski definition) is 1. The van der Waals surface area contributed by atoms with Gasteiger partial charge >= 0.3 is 0 Å². The molecule has 5 nitrogen and oxygen atoms in total. The number of likely N-dealkylation sites (tertiary alicyclic amines) is 1. The first kappa shape index (κ1) is 20.8. The van der Waals surface area contributed by atoms with E-state index in [0.717, 1.165) is 11.1 Å². The number of carbonyl (C=O) groups is 2. The van der Waals surface area contributed by atoms with Crippen LogP contribution in [-0.2, 0) is 20.4 Å². The number of hydrogen-bond acceptors (Lipinski definition) is 3. The maximum absolute atomic E-state index is 13.5. The third-order valence-corrected chi connectivity index (χ3v) is 6.02. The fourth-order valence-electron chi connectivity index (χ4n) is 4.02. The molecule has 1 aromatic carbocycles. The van der Waals surface area contributed by atoms with Gasteiger partial charge in [-0.15, -0.1) is 0 Å². The molecule has 1 N–H and O–H groups in total. The Morgan fingerprint density at radius 2 is 1.76 bits per heavy atom. The normalized spacial score (nSPS) is 16.1. The van der Waals surface area contributed by atoms with E-state index < -0.39 is 5.41 Å². The minimum atomic E-state index is -0.631. The molecule has 1 saturated heterocycles. The van der Waals surface area contributed by atoms with Crippen molar-refractivity contribution in [3.8, 4) is 0 Å². The van der Waals surface area contributed by atoms with Crippen molar-refractivity contribution < 1.29 is 9.59 Å². The van der Waals surface area contributed by atoms with Crippen molar-refractivity contribution in [2.45, 2.75) is 37.5 Å². The van der Waals surface area contributed by atoms with Gasteiger partial charge in [-0.05, 0) is 42.2 Å². The Bertz CT molecular complexity index is 854. The first-order valence-electron chi connectivity index (χ1n) is 10.0. The molecule has 2 amide bonds. The lowest BCUT2D eigenvalue weighted by Crippen LogP contribution is -2.54. The van der Waals surface area contributed by atoms with Crippen LogP contribution in [0.5, 0.6) is 0 Å². The number of aromatic nitrogens is 1. The van der Waals surface area contributed by atoms with E-state index in [2.05, 4.69) is 30.7 Å². The summed E-state index contributed by atoms with van der Waals surface area (Å²) < 4.78 is 0. The highest BCUT2D eigenvalue weighted by atomic mass is 16.2. The lowest BCUT2D eigenvalue weighted by atomic mass is 9.71. The van der Waals surface area contributed by atoms with Crippen molar-refractivity contribution in [3.05, 3.63) is 78.6 Å². The molecule has 0 aliphatic carbocycles. The van der Waals surface area contributed by atoms with Crippen LogP contribution in [0.1, 0.15) is 37.8 Å². The van der Waals surface area contributed by atoms with Crippen LogP contribution in [0.25, 0.3) is 0 Å². The molecule has 1 fully saturated rings. The maximum Gasteiger partial charge on any atom is 0.245 e. The molecule has 29 heavy (non-hydrogen) atoms. The van der Waals surface area contributed by atoms with Crippen molar-refractivity contribution in [1.29, 1.82) is 0 Å². The quantitative estimate of drug-likeness (QED) is 0.769. The van der Waals surface area contributed by atoms with Crippen molar-refractivity contribution in [2.24, 2.45) is 0 Å². The van der Waals surface area contributed by atoms with E-state index in [9.17, 15) is 9.59 Å². The number of piperidine rings is 1. The molecule has 2 heterocycles. The minimum Gasteiger partial charge on any atom is -0.354 e. The Morgan fingerprint density at radius 1 is 1.14 bits per heavy atom. The van der Waals surface area contributed by atoms with Gasteiger partial charge in [-0.1, -0.05) is 50.8 Å². The van der Waals surface area contributed by atoms with Gasteiger partial charge in [-0.3, -0.25) is 14.6 Å². The predicted octanol–water partition coefficient (Wildman–Crippen LogP) is 3.22. The van der Waals surface area contributed by atoms with Crippen LogP contribution in [0.3, 0.4) is 0 Å². The second kappa shape index (κ2) is 8.60. The average Bonchev–Trinajstić information content (AvgIpc) is 2.78. The standard InChI is InChI=1S/C24H29N3O2/c1-4-21(28)27-16-12-24(13-17-27,20-8-6-5-7-9-20)22(29)26-18-23(2,3)19-10-14-25-15-11-19/h4-11,14-15H,1,12-13,16-18H2,2-3H3,(H,26,29). The van der Waals surface area contributed by atoms with E-state index in [0.29, 0.717) is 32.5 Å². The highest BCUT2D eigenvalue weighted by Crippen LogP contribution is 2.36. The topological polar surface area (TPSA) is 62.3 Å². The second-order valence-corrected chi connectivity index (χ2v) is 8.28. The van der Waals surface area contributed by atoms with Crippen LogP contribution >= 0.6 is 0 Å². The van der Waals surface area contributed by atoms with E-state index in [1.165, 1.54) is 6.08 Å². The zero-order valence-corrected chi connectivity index (χ0v) is 17.2. The number of amides is 2. The van der Waals surface area contributed by atoms with Gasteiger partial charge in [-0.25, -0.2) is 0 Å². The summed E-state index contributed by atoms with van der Waals surface area (Å²) >= 11 is 0. The van der Waals surface area contributed by atoms with E-state index in [4.69, 9.17) is 0 Å². The predicted molar refractivity (Wildman–Crippen MR) is 114 cm³/mol. The van der Waals surface area contributed by atoms with Crippen molar-refractivity contribution in [2.75, 3.05) is 19.6 Å². The number of nitrogens with zero attached hydrogens (tertiary/aromatic N) is 2. The van der Waals surface area contributed by atoms with E-state index >= 15 is 0 Å². The lowest BCUT2D eigenvalue weighted by molar-refractivity contribution is -0.134. The zero-order chi connectivity index (χ0) is 20.9. The Balaban J connectivity index is 1.79. The van der Waals surface area contributed by atoms with Crippen LogP contribution in [0.15, 0.2) is 67.5 Å². The molecular formula is C24H29N3O2. The van der Waals surface area contributed by atoms with Gasteiger partial charge in [0.25, 0.3) is 0 Å². The Morgan fingerprint density at radius 3 is 2.34 bits per heavy atom. The van der Waals surface area contributed by atoms with Gasteiger partial charge in [0, 0.05) is 37.4 Å². The van der Waals surface area contributed by atoms with Crippen molar-refractivity contribution >= 4 is 11.8 Å². The summed E-state index contributed by atoms with van der Waals surface area (Å²) in [4.78, 5) is 31.3. The number of rotatable bonds is 6. The number of pyridine rings is 1. The fraction of sp³-hybridized carbons (Fsp3) is 0.375. The Hall–Kier alpha value is -2.95. The molecule has 0 saturated carbocycles. The summed E-state index contributed by atoms with van der Waals surface area (Å²) in [6.45, 7) is 9.42. The van der Waals surface area contributed by atoms with Gasteiger partial charge in [0.05, 0.1) is 5.41 Å². The molecule has 0 unspecified atom stereocenters. The summed E-state index contributed by atoms with van der Waals surface area (Å²) in [5.74, 6) is -0.0533. The summed E-state index contributed by atoms with van der Waals surface area (Å²) in [5, 5.41) is 3.21. The van der Waals surface area contributed by atoms with E-state index in [-0.39, 0.29) is 17.2 Å². The molecular weight excluding hydrogens is 362 g/mol. The molecule has 1 aliphatic rings. The minimum absolute atomic E-state index is 0.0246. The molecule has 5 heteroatoms. The Labute approximate surface area is 172 Å². The third kappa shape index (κ3) is 4.39. The number of benzene rings is 1. The second-order valence-electron chi connectivity index (χ2n) is 8.28. The Kier molecular flexibility index (Phi) is 6.16. The first-order chi connectivity index (χ1) is 13.9. The average molecular weight is 392 g/mol. The summed E-state index contributed by atoms with van der Waals surface area (Å²) in [5.41, 5.74) is 1.29. The smallest absolute Gasteiger partial charge is 0.245 e. The lowest BCUT2D eigenvalue weighted by Gasteiger charge is -2.41. The van der Waals surface area contributed by atoms with Crippen LogP contribution in [0.2, 0.25) is 0 Å². The van der Waals surface area contributed by atoms with Crippen LogP contribution in [-0.4, -0.2) is 41.3 Å². The molecule has 2 aromatic rings. The molecule has 0 radical (unpaired) electrons. The zero-order valence-electron chi connectivity index (χ0n) is 17.2. The van der Waals surface area contributed by atoms with Gasteiger partial charge in [0.1, 0.15) is 0 Å². The van der Waals surface area contributed by atoms with Crippen LogP contribution < -0.4 is 5.32 Å². The van der Waals surface area contributed by atoms with Gasteiger partial charge in [-0.2, -0.15) is 0 Å². The van der Waals surface area contributed by atoms with Crippen molar-refractivity contribution in [3.63, 3.8) is 0 Å². The first-order valence-corrected chi connectivity index (χ1v) is 10.0. The molecule has 152 valence electrons. The monoisotopic (exact) mass is 391 g/mol. The third-order valence-electron chi connectivity index (χ3n) is 6.02. The molecule has 1 aliphatic heterocycles. The highest BCUT2D eigenvalue weighted by Gasteiger charge is 2.43. The van der Waals surface area contributed by atoms with E-state index in [1.54, 1.807) is 17.3 Å². The van der Waals surface area contributed by atoms with Crippen LogP contribution in [0, 0.1) is 0 Å². The highest BCUT2D eigenvalue weighted by molar-refractivity contribution is 5.90. The molecule has 1 aromatic heterocycles. The largest absolute Gasteiger partial charge is 0.354 e. The SMILES string of the molecule is C=CC(=O)N1CCC(C(=O)NCC(C)(C)c2ccncc2)(c2ccccc2)CC1. The fourth-order valence-corrected chi connectivity index (χ4v) is 4.02. The van der Waals surface area contributed by atoms with Crippen molar-refractivity contribution in [1.82, 2.24) is 15.2 Å². The summed E-state index contributed by atoms with van der Waals surface area (Å²) in [6, 6.07) is 13.9. The summed E-state index contributed by atoms with van der Waals surface area (Å²) in [6.07, 6.45) is 6.08. The number of carbonyl (C=O) groups excluding carboxylic acids is 2. The van der Waals surface area contributed by atoms with Crippen LogP contribution in [0.4, 0.5) is 0 Å². The van der Waals surface area contributed by atoms with Gasteiger partial charge in [0.2, 0.25) is 11.8 Å². The molecule has 0 bridgehead atoms. The summed E-state index contributed by atoms with van der Waals surface area (Å²) in [7, 11) is 0. The molecule has 3 rings (SSSR count).